The lowest BCUT2D eigenvalue weighted by Crippen LogP contribution is -2.51. The lowest BCUT2D eigenvalue weighted by Gasteiger charge is -2.36. The number of nitrogens with one attached hydrogen (secondary N) is 1. The number of alkyl carbamates (subject to hydrolysis) is 1. The topological polar surface area (TPSA) is 139 Å². The van der Waals surface area contributed by atoms with E-state index in [1.807, 2.05) is 32.0 Å². The highest BCUT2D eigenvalue weighted by atomic mass is 28.4. The van der Waals surface area contributed by atoms with E-state index in [0.717, 1.165) is 22.4 Å². The summed E-state index contributed by atoms with van der Waals surface area (Å²) in [6, 6.07) is 14.5. The molecule has 51 heavy (non-hydrogen) atoms. The van der Waals surface area contributed by atoms with Crippen molar-refractivity contribution in [2.24, 2.45) is 5.11 Å². The predicted octanol–water partition coefficient (Wildman–Crippen LogP) is 8.64. The molecule has 4 rings (SSSR count). The molecule has 2 aromatic carbocycles. The molecule has 1 aliphatic rings. The zero-order valence-corrected chi connectivity index (χ0v) is 32.5. The second kappa shape index (κ2) is 15.3. The molecule has 0 radical (unpaired) electrons. The van der Waals surface area contributed by atoms with Gasteiger partial charge in [-0.2, -0.15) is 0 Å². The number of carbonyl (C=O) groups is 2. The van der Waals surface area contributed by atoms with Gasteiger partial charge in [0.2, 0.25) is 11.8 Å². The number of anilines is 1. The third kappa shape index (κ3) is 10.2. The molecule has 1 N–H and O–H groups in total. The van der Waals surface area contributed by atoms with E-state index in [1.165, 1.54) is 12.1 Å². The fourth-order valence-electron chi connectivity index (χ4n) is 5.46. The number of aromatic nitrogens is 1. The SMILES string of the molecule is CC(C)(C)OC(=O)N[C@@H](Cc1ccc(OCCN=[N+]=[N-])cc1)C(=O)N1CC(C)(C)c2nc(O[Si](C)(C)C(C)(C)C)c(Cc3ccc(F)cc3)cc21. The average molecular weight is 719 g/mol. The van der Waals surface area contributed by atoms with Gasteiger partial charge in [0.1, 0.15) is 23.2 Å². The van der Waals surface area contributed by atoms with Crippen molar-refractivity contribution < 1.29 is 27.9 Å². The Hall–Kier alpha value is -4.61. The summed E-state index contributed by atoms with van der Waals surface area (Å²) >= 11 is 0. The van der Waals surface area contributed by atoms with Crippen LogP contribution in [0.15, 0.2) is 59.7 Å². The van der Waals surface area contributed by atoms with Gasteiger partial charge in [0.15, 0.2) is 0 Å². The number of hydrogen-bond donors (Lipinski definition) is 1. The Morgan fingerprint density at radius 1 is 1.06 bits per heavy atom. The molecule has 0 saturated carbocycles. The van der Waals surface area contributed by atoms with E-state index in [0.29, 0.717) is 30.3 Å². The Labute approximate surface area is 301 Å². The van der Waals surface area contributed by atoms with Gasteiger partial charge in [-0.3, -0.25) is 4.79 Å². The van der Waals surface area contributed by atoms with E-state index in [4.69, 9.17) is 24.4 Å². The summed E-state index contributed by atoms with van der Waals surface area (Å²) in [5.74, 6) is 0.478. The lowest BCUT2D eigenvalue weighted by molar-refractivity contribution is -0.120. The molecule has 1 aromatic heterocycles. The van der Waals surface area contributed by atoms with Crippen LogP contribution < -0.4 is 19.4 Å². The summed E-state index contributed by atoms with van der Waals surface area (Å²) in [6.07, 6.45) is -0.0962. The van der Waals surface area contributed by atoms with Gasteiger partial charge in [-0.1, -0.05) is 64.0 Å². The average Bonchev–Trinajstić information content (AvgIpc) is 3.28. The predicted molar refractivity (Wildman–Crippen MR) is 199 cm³/mol. The van der Waals surface area contributed by atoms with Gasteiger partial charge in [-0.05, 0) is 85.9 Å². The first kappa shape index (κ1) is 39.2. The van der Waals surface area contributed by atoms with Crippen molar-refractivity contribution in [3.63, 3.8) is 0 Å². The van der Waals surface area contributed by atoms with Gasteiger partial charge < -0.3 is 24.1 Å². The zero-order chi connectivity index (χ0) is 37.8. The first-order chi connectivity index (χ1) is 23.7. The van der Waals surface area contributed by atoms with Crippen molar-refractivity contribution >= 4 is 26.0 Å². The van der Waals surface area contributed by atoms with Crippen LogP contribution in [0, 0.1) is 5.82 Å². The van der Waals surface area contributed by atoms with Crippen LogP contribution in [-0.4, -0.2) is 56.6 Å². The molecular formula is C38H51FN6O5Si. The van der Waals surface area contributed by atoms with Crippen molar-refractivity contribution in [1.82, 2.24) is 10.3 Å². The number of rotatable bonds is 12. The van der Waals surface area contributed by atoms with Crippen LogP contribution >= 0.6 is 0 Å². The number of halogens is 1. The third-order valence-corrected chi connectivity index (χ3v) is 13.5. The number of fused-ring (bicyclic) bond motifs is 1. The van der Waals surface area contributed by atoms with Crippen LogP contribution in [0.3, 0.4) is 0 Å². The highest BCUT2D eigenvalue weighted by Gasteiger charge is 2.44. The Bertz CT molecular complexity index is 1760. The van der Waals surface area contributed by atoms with Crippen LogP contribution in [-0.2, 0) is 27.8 Å². The molecular weight excluding hydrogens is 668 g/mol. The van der Waals surface area contributed by atoms with E-state index in [-0.39, 0.29) is 36.3 Å². The molecule has 2 amide bonds. The molecule has 1 aliphatic heterocycles. The van der Waals surface area contributed by atoms with Crippen LogP contribution in [0.5, 0.6) is 11.6 Å². The fraction of sp³-hybridized carbons (Fsp3) is 0.500. The van der Waals surface area contributed by atoms with Crippen LogP contribution in [0.4, 0.5) is 14.9 Å². The van der Waals surface area contributed by atoms with Gasteiger partial charge in [0.05, 0.1) is 24.5 Å². The maximum atomic E-state index is 14.6. The molecule has 13 heteroatoms. The summed E-state index contributed by atoms with van der Waals surface area (Å²) in [5.41, 5.74) is 11.0. The van der Waals surface area contributed by atoms with Crippen molar-refractivity contribution in [2.45, 2.75) is 103 Å². The second-order valence-electron chi connectivity index (χ2n) is 16.1. The van der Waals surface area contributed by atoms with Crippen LogP contribution in [0.2, 0.25) is 18.1 Å². The Balaban J connectivity index is 1.73. The number of carbonyl (C=O) groups excluding carboxylic acids is 2. The van der Waals surface area contributed by atoms with E-state index in [1.54, 1.807) is 49.9 Å². The Morgan fingerprint density at radius 3 is 2.27 bits per heavy atom. The van der Waals surface area contributed by atoms with Crippen molar-refractivity contribution in [2.75, 3.05) is 24.6 Å². The van der Waals surface area contributed by atoms with E-state index in [9.17, 15) is 14.0 Å². The first-order valence-corrected chi connectivity index (χ1v) is 20.1. The maximum Gasteiger partial charge on any atom is 0.408 e. The summed E-state index contributed by atoms with van der Waals surface area (Å²) in [6.45, 7) is 21.0. The van der Waals surface area contributed by atoms with Crippen LogP contribution in [0.25, 0.3) is 10.4 Å². The zero-order valence-electron chi connectivity index (χ0n) is 31.5. The van der Waals surface area contributed by atoms with E-state index < -0.39 is 31.5 Å². The Kier molecular flexibility index (Phi) is 11.8. The highest BCUT2D eigenvalue weighted by Crippen LogP contribution is 2.44. The van der Waals surface area contributed by atoms with Crippen molar-refractivity contribution in [3.8, 4) is 11.6 Å². The van der Waals surface area contributed by atoms with Gasteiger partial charge in [-0.15, -0.1) is 0 Å². The normalized spacial score (nSPS) is 14.6. The molecule has 0 bridgehead atoms. The molecule has 11 nitrogen and oxygen atoms in total. The highest BCUT2D eigenvalue weighted by molar-refractivity contribution is 6.74. The summed E-state index contributed by atoms with van der Waals surface area (Å²) < 4.78 is 31.9. The van der Waals surface area contributed by atoms with Crippen molar-refractivity contribution in [3.05, 3.63) is 93.2 Å². The molecule has 2 heterocycles. The first-order valence-electron chi connectivity index (χ1n) is 17.2. The van der Waals surface area contributed by atoms with Gasteiger partial charge >= 0.3 is 6.09 Å². The molecule has 0 unspecified atom stereocenters. The van der Waals surface area contributed by atoms with E-state index >= 15 is 0 Å². The number of amides is 2. The van der Waals surface area contributed by atoms with Crippen LogP contribution in [0.1, 0.15) is 77.8 Å². The minimum Gasteiger partial charge on any atom is -0.530 e. The molecule has 0 fully saturated rings. The third-order valence-electron chi connectivity index (χ3n) is 9.13. The Morgan fingerprint density at radius 2 is 1.69 bits per heavy atom. The number of pyridine rings is 1. The molecule has 0 aliphatic carbocycles. The van der Waals surface area contributed by atoms with Crippen molar-refractivity contribution in [1.29, 1.82) is 0 Å². The number of azide groups is 1. The monoisotopic (exact) mass is 718 g/mol. The number of benzene rings is 2. The number of ether oxygens (including phenoxy) is 2. The molecule has 0 spiro atoms. The summed E-state index contributed by atoms with van der Waals surface area (Å²) in [7, 11) is -2.33. The quantitative estimate of drug-likeness (QED) is 0.0654. The van der Waals surface area contributed by atoms with Gasteiger partial charge in [0, 0.05) is 35.3 Å². The van der Waals surface area contributed by atoms with Gasteiger partial charge in [-0.25, -0.2) is 14.2 Å². The standard InChI is InChI=1S/C38H51FN6O5Si/c1-36(2,3)49-35(47)42-30(22-26-13-17-29(18-14-26)48-20-19-41-44-40)34(46)45-24-38(7,8)32-31(45)23-27(21-25-11-15-28(39)16-12-25)33(43-32)50-51(9,10)37(4,5)6/h11-18,23,30H,19-22,24H2,1-10H3,(H,42,47)/t30-/m0/s1. The fourth-order valence-corrected chi connectivity index (χ4v) is 6.42. The molecule has 274 valence electrons. The molecule has 1 atom stereocenters. The number of hydrogen-bond acceptors (Lipinski definition) is 7. The number of nitrogens with zero attached hydrogens (tertiary/aromatic N) is 5. The smallest absolute Gasteiger partial charge is 0.408 e. The second-order valence-corrected chi connectivity index (χ2v) is 20.9. The molecule has 0 saturated heterocycles. The summed E-state index contributed by atoms with van der Waals surface area (Å²) in [5, 5.41) is 6.22. The molecule has 3 aromatic rings. The lowest BCUT2D eigenvalue weighted by atomic mass is 9.91. The largest absolute Gasteiger partial charge is 0.530 e. The minimum atomic E-state index is -2.33. The minimum absolute atomic E-state index is 0.0881. The summed E-state index contributed by atoms with van der Waals surface area (Å²) in [4.78, 5) is 37.3. The van der Waals surface area contributed by atoms with Gasteiger partial charge in [0.25, 0.3) is 8.32 Å². The van der Waals surface area contributed by atoms with E-state index in [2.05, 4.69) is 49.2 Å². The maximum absolute atomic E-state index is 14.6.